The van der Waals surface area contributed by atoms with Crippen molar-refractivity contribution >= 4 is 7.82 Å². The van der Waals surface area contributed by atoms with Crippen LogP contribution in [0.15, 0.2) is 0 Å². The molecule has 0 saturated heterocycles. The summed E-state index contributed by atoms with van der Waals surface area (Å²) in [5, 5.41) is 0. The van der Waals surface area contributed by atoms with Crippen molar-refractivity contribution < 1.29 is 19.2 Å². The van der Waals surface area contributed by atoms with Crippen LogP contribution in [-0.2, 0) is 4.57 Å². The maximum Gasteiger partial charge on any atom is 0.466 e. The van der Waals surface area contributed by atoms with E-state index in [1.165, 1.54) is 32.1 Å². The Balaban J connectivity index is 0.000000162. The lowest BCUT2D eigenvalue weighted by Gasteiger charge is -1.82. The minimum atomic E-state index is -4.64. The second-order valence-corrected chi connectivity index (χ2v) is 3.31. The highest BCUT2D eigenvalue weighted by Crippen LogP contribution is 2.25. The summed E-state index contributed by atoms with van der Waals surface area (Å²) in [6.45, 7) is 0. The van der Waals surface area contributed by atoms with Gasteiger partial charge in [-0.1, -0.05) is 32.1 Å². The molecule has 1 fully saturated rings. The normalized spacial score (nSPS) is 17.9. The van der Waals surface area contributed by atoms with Crippen molar-refractivity contribution in [1.29, 1.82) is 0 Å². The maximum absolute atomic E-state index is 8.88. The highest BCUT2D eigenvalue weighted by Gasteiger charge is 2.00. The summed E-state index contributed by atoms with van der Waals surface area (Å²) in [7, 11) is -4.64. The Morgan fingerprint density at radius 1 is 0.800 bits per heavy atom. The second kappa shape index (κ2) is 4.85. The van der Waals surface area contributed by atoms with Gasteiger partial charge in [-0.15, -0.1) is 0 Å². The van der Waals surface area contributed by atoms with Crippen LogP contribution in [0.2, 0.25) is 0 Å². The molecule has 0 aromatic carbocycles. The zero-order chi connectivity index (χ0) is 8.04. The van der Waals surface area contributed by atoms with Crippen molar-refractivity contribution in [2.75, 3.05) is 0 Å². The van der Waals surface area contributed by atoms with Gasteiger partial charge in [0, 0.05) is 0 Å². The molecule has 0 aliphatic heterocycles. The molecule has 0 bridgehead atoms. The molecule has 1 aliphatic rings. The number of hydrogen-bond donors (Lipinski definition) is 3. The van der Waals surface area contributed by atoms with Gasteiger partial charge in [-0.25, -0.2) is 4.57 Å². The lowest BCUT2D eigenvalue weighted by molar-refractivity contribution is 0.275. The lowest BCUT2D eigenvalue weighted by atomic mass is 10.4. The summed E-state index contributed by atoms with van der Waals surface area (Å²) in [6, 6.07) is 0. The van der Waals surface area contributed by atoms with Gasteiger partial charge in [-0.3, -0.25) is 0 Å². The summed E-state index contributed by atoms with van der Waals surface area (Å²) in [6.07, 6.45) is 7.50. The van der Waals surface area contributed by atoms with Crippen molar-refractivity contribution in [2.45, 2.75) is 32.1 Å². The Hall–Kier alpha value is 0.110. The fourth-order valence-electron chi connectivity index (χ4n) is 0.884. The van der Waals surface area contributed by atoms with Crippen LogP contribution < -0.4 is 0 Å². The van der Waals surface area contributed by atoms with E-state index in [9.17, 15) is 0 Å². The number of phosphoric acid groups is 1. The minimum absolute atomic E-state index is 1.50. The first-order valence-corrected chi connectivity index (χ1v) is 4.85. The Morgan fingerprint density at radius 3 is 1.00 bits per heavy atom. The van der Waals surface area contributed by atoms with Crippen molar-refractivity contribution in [1.82, 2.24) is 0 Å². The third-order valence-electron chi connectivity index (χ3n) is 1.25. The van der Waals surface area contributed by atoms with Crippen LogP contribution in [0.4, 0.5) is 0 Å². The highest BCUT2D eigenvalue weighted by molar-refractivity contribution is 7.45. The second-order valence-electron chi connectivity index (χ2n) is 2.28. The van der Waals surface area contributed by atoms with Gasteiger partial charge < -0.3 is 14.7 Å². The highest BCUT2D eigenvalue weighted by atomic mass is 31.2. The molecule has 10 heavy (non-hydrogen) atoms. The summed E-state index contributed by atoms with van der Waals surface area (Å²) >= 11 is 0. The van der Waals surface area contributed by atoms with Crippen LogP contribution in [-0.4, -0.2) is 14.7 Å². The zero-order valence-corrected chi connectivity index (χ0v) is 6.63. The van der Waals surface area contributed by atoms with Crippen LogP contribution in [0.3, 0.4) is 0 Å². The topological polar surface area (TPSA) is 77.8 Å². The Kier molecular flexibility index (Phi) is 4.91. The van der Waals surface area contributed by atoms with E-state index in [-0.39, 0.29) is 0 Å². The predicted octanol–water partition coefficient (Wildman–Crippen LogP) is 1.02. The van der Waals surface area contributed by atoms with Gasteiger partial charge in [0.1, 0.15) is 0 Å². The van der Waals surface area contributed by atoms with Gasteiger partial charge in [-0.2, -0.15) is 0 Å². The monoisotopic (exact) mass is 168 g/mol. The van der Waals surface area contributed by atoms with Gasteiger partial charge in [0.25, 0.3) is 0 Å². The largest absolute Gasteiger partial charge is 0.466 e. The molecule has 62 valence electrons. The molecule has 1 saturated carbocycles. The first kappa shape index (κ1) is 10.1. The molecule has 0 atom stereocenters. The number of hydrogen-bond acceptors (Lipinski definition) is 1. The van der Waals surface area contributed by atoms with E-state index in [0.29, 0.717) is 0 Å². The van der Waals surface area contributed by atoms with E-state index in [4.69, 9.17) is 19.2 Å². The van der Waals surface area contributed by atoms with Gasteiger partial charge in [0.2, 0.25) is 0 Å². The molecule has 0 aromatic rings. The third kappa shape index (κ3) is 15.7. The third-order valence-corrected chi connectivity index (χ3v) is 1.25. The minimum Gasteiger partial charge on any atom is -0.303 e. The fraction of sp³-hybridized carbons (Fsp3) is 1.00. The van der Waals surface area contributed by atoms with Gasteiger partial charge >= 0.3 is 7.82 Å². The van der Waals surface area contributed by atoms with Gasteiger partial charge in [0.05, 0.1) is 0 Å². The van der Waals surface area contributed by atoms with E-state index < -0.39 is 7.82 Å². The summed E-state index contributed by atoms with van der Waals surface area (Å²) in [4.78, 5) is 21.6. The first-order valence-electron chi connectivity index (χ1n) is 3.28. The molecule has 0 heterocycles. The van der Waals surface area contributed by atoms with Crippen molar-refractivity contribution in [3.63, 3.8) is 0 Å². The van der Waals surface area contributed by atoms with E-state index in [0.717, 1.165) is 0 Å². The van der Waals surface area contributed by atoms with Gasteiger partial charge in [-0.05, 0) is 0 Å². The predicted molar refractivity (Wildman–Crippen MR) is 37.3 cm³/mol. The fourth-order valence-corrected chi connectivity index (χ4v) is 0.884. The van der Waals surface area contributed by atoms with E-state index in [1.807, 2.05) is 0 Å². The molecular formula is C5H13O4P. The van der Waals surface area contributed by atoms with Crippen molar-refractivity contribution in [3.8, 4) is 0 Å². The average molecular weight is 168 g/mol. The summed E-state index contributed by atoms with van der Waals surface area (Å²) in [5.74, 6) is 0. The summed E-state index contributed by atoms with van der Waals surface area (Å²) in [5.41, 5.74) is 0. The SMILES string of the molecule is C1CCCC1.O=P(O)(O)O. The van der Waals surface area contributed by atoms with Crippen molar-refractivity contribution in [3.05, 3.63) is 0 Å². The van der Waals surface area contributed by atoms with E-state index >= 15 is 0 Å². The molecule has 3 N–H and O–H groups in total. The Labute approximate surface area is 60.1 Å². The van der Waals surface area contributed by atoms with Crippen molar-refractivity contribution in [2.24, 2.45) is 0 Å². The standard InChI is InChI=1S/C5H10.H3O4P/c1-2-4-5-3-1;1-5(2,3)4/h1-5H2;(H3,1,2,3,4). The summed E-state index contributed by atoms with van der Waals surface area (Å²) < 4.78 is 8.88. The maximum atomic E-state index is 8.88. The van der Waals surface area contributed by atoms with E-state index in [2.05, 4.69) is 0 Å². The van der Waals surface area contributed by atoms with Crippen LogP contribution in [0, 0.1) is 0 Å². The Bertz CT molecular complexity index is 98.9. The van der Waals surface area contributed by atoms with Crippen LogP contribution >= 0.6 is 7.82 Å². The van der Waals surface area contributed by atoms with E-state index in [1.54, 1.807) is 0 Å². The molecule has 4 nitrogen and oxygen atoms in total. The first-order chi connectivity index (χ1) is 4.50. The van der Waals surface area contributed by atoms with Crippen LogP contribution in [0.5, 0.6) is 0 Å². The molecular weight excluding hydrogens is 155 g/mol. The molecule has 5 heteroatoms. The molecule has 0 radical (unpaired) electrons. The Morgan fingerprint density at radius 2 is 0.900 bits per heavy atom. The lowest BCUT2D eigenvalue weighted by Crippen LogP contribution is -1.66. The number of rotatable bonds is 0. The molecule has 0 spiro atoms. The smallest absolute Gasteiger partial charge is 0.303 e. The quantitative estimate of drug-likeness (QED) is 0.472. The molecule has 0 amide bonds. The van der Waals surface area contributed by atoms with Crippen LogP contribution in [0.25, 0.3) is 0 Å². The van der Waals surface area contributed by atoms with Gasteiger partial charge in [0.15, 0.2) is 0 Å². The average Bonchev–Trinajstić information content (AvgIpc) is 2.07. The molecule has 1 aliphatic carbocycles. The molecule has 0 aromatic heterocycles. The zero-order valence-electron chi connectivity index (χ0n) is 5.73. The molecule has 1 rings (SSSR count). The van der Waals surface area contributed by atoms with Crippen LogP contribution in [0.1, 0.15) is 32.1 Å². The molecule has 0 unspecified atom stereocenters.